The molecule has 0 bridgehead atoms. The van der Waals surface area contributed by atoms with E-state index in [1.54, 1.807) is 6.07 Å². The van der Waals surface area contributed by atoms with Gasteiger partial charge in [-0.1, -0.05) is 29.3 Å². The molecule has 1 saturated carbocycles. The van der Waals surface area contributed by atoms with Crippen molar-refractivity contribution in [3.63, 3.8) is 0 Å². The minimum Gasteiger partial charge on any atom is -0.343 e. The largest absolute Gasteiger partial charge is 0.343 e. The number of amides is 1. The van der Waals surface area contributed by atoms with Gasteiger partial charge in [-0.05, 0) is 50.7 Å². The lowest BCUT2D eigenvalue weighted by molar-refractivity contribution is -0.137. The summed E-state index contributed by atoms with van der Waals surface area (Å²) >= 11 is 12.1. The quantitative estimate of drug-likeness (QED) is 0.732. The fourth-order valence-corrected chi connectivity index (χ4v) is 6.15. The Kier molecular flexibility index (Phi) is 5.87. The zero-order chi connectivity index (χ0) is 19.1. The molecule has 8 heteroatoms. The number of halogens is 2. The average molecular weight is 419 g/mol. The van der Waals surface area contributed by atoms with Gasteiger partial charge in [0.25, 0.3) is 0 Å². The predicted molar refractivity (Wildman–Crippen MR) is 103 cm³/mol. The van der Waals surface area contributed by atoms with Crippen LogP contribution in [-0.4, -0.2) is 49.7 Å². The van der Waals surface area contributed by atoms with Crippen LogP contribution in [0.3, 0.4) is 0 Å². The van der Waals surface area contributed by atoms with Crippen molar-refractivity contribution < 1.29 is 13.2 Å². The van der Waals surface area contributed by atoms with Crippen molar-refractivity contribution in [2.45, 2.75) is 43.5 Å². The van der Waals surface area contributed by atoms with Crippen molar-refractivity contribution in [3.05, 3.63) is 28.2 Å². The molecular formula is C18H24Cl2N2O3S. The van der Waals surface area contributed by atoms with Gasteiger partial charge in [0, 0.05) is 32.1 Å². The molecular weight excluding hydrogens is 395 g/mol. The van der Waals surface area contributed by atoms with Crippen molar-refractivity contribution in [1.82, 2.24) is 9.21 Å². The van der Waals surface area contributed by atoms with Gasteiger partial charge in [0.2, 0.25) is 15.9 Å². The standard InChI is InChI=1S/C18H24Cl2N2O3S/c1-12(13-6-7-13)21(2)18(23)14-8-10-22(11-9-14)26(24,25)17-15(19)4-3-5-16(17)20/h3-5,12-14H,6-11H2,1-2H3. The van der Waals surface area contributed by atoms with Gasteiger partial charge in [0.05, 0.1) is 10.0 Å². The van der Waals surface area contributed by atoms with Gasteiger partial charge in [-0.25, -0.2) is 8.42 Å². The maximum absolute atomic E-state index is 12.9. The van der Waals surface area contributed by atoms with E-state index in [9.17, 15) is 13.2 Å². The maximum Gasteiger partial charge on any atom is 0.246 e. The summed E-state index contributed by atoms with van der Waals surface area (Å²) in [5.41, 5.74) is 0. The molecule has 1 heterocycles. The summed E-state index contributed by atoms with van der Waals surface area (Å²) in [5, 5.41) is 0.238. The molecule has 5 nitrogen and oxygen atoms in total. The molecule has 1 saturated heterocycles. The van der Waals surface area contributed by atoms with Crippen LogP contribution in [0.1, 0.15) is 32.6 Å². The first-order chi connectivity index (χ1) is 12.2. The normalized spacial score (nSPS) is 20.8. The predicted octanol–water partition coefficient (Wildman–Crippen LogP) is 3.65. The van der Waals surface area contributed by atoms with Crippen LogP contribution < -0.4 is 0 Å². The van der Waals surface area contributed by atoms with Crippen LogP contribution in [0, 0.1) is 11.8 Å². The molecule has 26 heavy (non-hydrogen) atoms. The zero-order valence-electron chi connectivity index (χ0n) is 15.0. The first kappa shape index (κ1) is 19.9. The number of piperidine rings is 1. The topological polar surface area (TPSA) is 57.7 Å². The molecule has 0 radical (unpaired) electrons. The first-order valence-electron chi connectivity index (χ1n) is 8.94. The first-order valence-corrected chi connectivity index (χ1v) is 11.1. The molecule has 2 fully saturated rings. The van der Waals surface area contributed by atoms with Crippen LogP contribution in [0.4, 0.5) is 0 Å². The fourth-order valence-electron chi connectivity index (χ4n) is 3.58. The number of hydrogen-bond acceptors (Lipinski definition) is 3. The molecule has 0 N–H and O–H groups in total. The third-order valence-electron chi connectivity index (χ3n) is 5.58. The van der Waals surface area contributed by atoms with E-state index in [0.717, 1.165) is 0 Å². The van der Waals surface area contributed by atoms with Crippen LogP contribution >= 0.6 is 23.2 Å². The van der Waals surface area contributed by atoms with Gasteiger partial charge >= 0.3 is 0 Å². The highest BCUT2D eigenvalue weighted by Crippen LogP contribution is 2.36. The molecule has 1 aliphatic carbocycles. The highest BCUT2D eigenvalue weighted by atomic mass is 35.5. The number of sulfonamides is 1. The van der Waals surface area contributed by atoms with Crippen LogP contribution in [0.15, 0.2) is 23.1 Å². The molecule has 1 atom stereocenters. The number of nitrogens with zero attached hydrogens (tertiary/aromatic N) is 2. The van der Waals surface area contributed by atoms with Crippen molar-refractivity contribution >= 4 is 39.1 Å². The van der Waals surface area contributed by atoms with Crippen LogP contribution in [-0.2, 0) is 14.8 Å². The summed E-state index contributed by atoms with van der Waals surface area (Å²) in [4.78, 5) is 14.5. The molecule has 3 rings (SSSR count). The van der Waals surface area contributed by atoms with Crippen molar-refractivity contribution in [2.24, 2.45) is 11.8 Å². The molecule has 1 unspecified atom stereocenters. The Morgan fingerprint density at radius 3 is 2.19 bits per heavy atom. The third kappa shape index (κ3) is 3.88. The minimum absolute atomic E-state index is 0.0485. The average Bonchev–Trinajstić information content (AvgIpc) is 3.44. The summed E-state index contributed by atoms with van der Waals surface area (Å²) in [7, 11) is -1.91. The highest BCUT2D eigenvalue weighted by Gasteiger charge is 2.38. The van der Waals surface area contributed by atoms with E-state index < -0.39 is 10.0 Å². The lowest BCUT2D eigenvalue weighted by atomic mass is 9.96. The van der Waals surface area contributed by atoms with E-state index in [4.69, 9.17) is 23.2 Å². The van der Waals surface area contributed by atoms with Crippen LogP contribution in [0.5, 0.6) is 0 Å². The number of carbonyl (C=O) groups excluding carboxylic acids is 1. The SMILES string of the molecule is CC(C1CC1)N(C)C(=O)C1CCN(S(=O)(=O)c2c(Cl)cccc2Cl)CC1. The van der Waals surface area contributed by atoms with E-state index >= 15 is 0 Å². The van der Waals surface area contributed by atoms with Gasteiger partial charge in [0.1, 0.15) is 4.90 Å². The van der Waals surface area contributed by atoms with Crippen LogP contribution in [0.25, 0.3) is 0 Å². The summed E-state index contributed by atoms with van der Waals surface area (Å²) in [6.07, 6.45) is 3.41. The Morgan fingerprint density at radius 2 is 1.69 bits per heavy atom. The summed E-state index contributed by atoms with van der Waals surface area (Å²) in [6, 6.07) is 4.91. The maximum atomic E-state index is 12.9. The number of benzene rings is 1. The smallest absolute Gasteiger partial charge is 0.246 e. The molecule has 2 aliphatic rings. The van der Waals surface area contributed by atoms with E-state index in [1.807, 2.05) is 11.9 Å². The molecule has 1 amide bonds. The Morgan fingerprint density at radius 1 is 1.15 bits per heavy atom. The second kappa shape index (κ2) is 7.66. The third-order valence-corrected chi connectivity index (χ3v) is 8.44. The lowest BCUT2D eigenvalue weighted by Gasteiger charge is -2.34. The number of carbonyl (C=O) groups is 1. The second-order valence-electron chi connectivity index (χ2n) is 7.26. The van der Waals surface area contributed by atoms with E-state index in [1.165, 1.54) is 29.3 Å². The highest BCUT2D eigenvalue weighted by molar-refractivity contribution is 7.89. The van der Waals surface area contributed by atoms with Crippen molar-refractivity contribution in [3.8, 4) is 0 Å². The minimum atomic E-state index is -3.77. The van der Waals surface area contributed by atoms with E-state index in [0.29, 0.717) is 31.8 Å². The molecule has 1 aromatic carbocycles. The van der Waals surface area contributed by atoms with Gasteiger partial charge < -0.3 is 4.90 Å². The summed E-state index contributed by atoms with van der Waals surface area (Å²) < 4.78 is 27.2. The van der Waals surface area contributed by atoms with Crippen molar-refractivity contribution in [2.75, 3.05) is 20.1 Å². The van der Waals surface area contributed by atoms with E-state index in [2.05, 4.69) is 6.92 Å². The second-order valence-corrected chi connectivity index (χ2v) is 9.95. The summed E-state index contributed by atoms with van der Waals surface area (Å²) in [6.45, 7) is 2.69. The number of hydrogen-bond donors (Lipinski definition) is 0. The number of rotatable bonds is 5. The molecule has 0 spiro atoms. The Bertz CT molecular complexity index is 767. The molecule has 1 aromatic rings. The van der Waals surface area contributed by atoms with Crippen LogP contribution in [0.2, 0.25) is 10.0 Å². The van der Waals surface area contributed by atoms with Gasteiger partial charge in [-0.15, -0.1) is 0 Å². The van der Waals surface area contributed by atoms with Gasteiger partial charge in [-0.3, -0.25) is 4.79 Å². The zero-order valence-corrected chi connectivity index (χ0v) is 17.3. The van der Waals surface area contributed by atoms with E-state index in [-0.39, 0.29) is 32.8 Å². The van der Waals surface area contributed by atoms with Gasteiger partial charge in [0.15, 0.2) is 0 Å². The molecule has 1 aliphatic heterocycles. The monoisotopic (exact) mass is 418 g/mol. The molecule has 0 aromatic heterocycles. The Balaban J connectivity index is 1.67. The Hall–Kier alpha value is -0.820. The molecule has 144 valence electrons. The lowest BCUT2D eigenvalue weighted by Crippen LogP contribution is -2.46. The summed E-state index contributed by atoms with van der Waals surface area (Å²) in [5.74, 6) is 0.610. The van der Waals surface area contributed by atoms with Gasteiger partial charge in [-0.2, -0.15) is 4.31 Å². The van der Waals surface area contributed by atoms with Crippen molar-refractivity contribution in [1.29, 1.82) is 0 Å². The Labute approximate surface area is 165 Å². The fraction of sp³-hybridized carbons (Fsp3) is 0.611.